The topological polar surface area (TPSA) is 24.1 Å². The zero-order valence-corrected chi connectivity index (χ0v) is 8.68. The van der Waals surface area contributed by atoms with Gasteiger partial charge in [-0.05, 0) is 19.2 Å². The molecule has 1 heterocycles. The molecule has 2 atom stereocenters. The molecule has 1 saturated carbocycles. The molecular weight excluding hydrogens is 159 g/mol. The molecule has 0 spiro atoms. The molecule has 0 unspecified atom stereocenters. The Bertz CT molecular complexity index is 149. The Hall–Kier alpha value is -0.0151. The summed E-state index contributed by atoms with van der Waals surface area (Å²) in [6.45, 7) is 2.88. The summed E-state index contributed by atoms with van der Waals surface area (Å²) in [5.41, 5.74) is 0. The lowest BCUT2D eigenvalue weighted by Crippen LogP contribution is -2.38. The summed E-state index contributed by atoms with van der Waals surface area (Å²) in [5, 5.41) is 7.43. The first-order valence-electron chi connectivity index (χ1n) is 5.92. The fraction of sp³-hybridized carbons (Fsp3) is 1.00. The zero-order valence-electron chi connectivity index (χ0n) is 8.68. The van der Waals surface area contributed by atoms with E-state index in [1.807, 2.05) is 0 Å². The fourth-order valence-corrected chi connectivity index (χ4v) is 2.67. The van der Waals surface area contributed by atoms with E-state index in [2.05, 4.69) is 17.4 Å². The summed E-state index contributed by atoms with van der Waals surface area (Å²) < 4.78 is 0. The van der Waals surface area contributed by atoms with Gasteiger partial charge in [0.05, 0.1) is 0 Å². The van der Waals surface area contributed by atoms with Gasteiger partial charge >= 0.3 is 6.98 Å². The van der Waals surface area contributed by atoms with Crippen LogP contribution in [0.4, 0.5) is 0 Å². The Kier molecular flexibility index (Phi) is 3.28. The van der Waals surface area contributed by atoms with Crippen molar-refractivity contribution in [1.82, 2.24) is 10.5 Å². The number of hydrogen-bond donors (Lipinski definition) is 2. The van der Waals surface area contributed by atoms with E-state index in [0.29, 0.717) is 6.98 Å². The van der Waals surface area contributed by atoms with Crippen molar-refractivity contribution in [3.05, 3.63) is 0 Å². The molecule has 2 nitrogen and oxygen atoms in total. The second-order valence-electron chi connectivity index (χ2n) is 4.53. The van der Waals surface area contributed by atoms with E-state index in [0.717, 1.165) is 12.1 Å². The number of rotatable bonds is 3. The van der Waals surface area contributed by atoms with Gasteiger partial charge in [-0.1, -0.05) is 32.6 Å². The van der Waals surface area contributed by atoms with E-state index in [1.165, 1.54) is 44.8 Å². The Morgan fingerprint density at radius 1 is 1.15 bits per heavy atom. The predicted octanol–water partition coefficient (Wildman–Crippen LogP) is 1.78. The minimum absolute atomic E-state index is 0.619. The van der Waals surface area contributed by atoms with Gasteiger partial charge in [-0.25, -0.2) is 0 Å². The highest BCUT2D eigenvalue weighted by molar-refractivity contribution is 6.54. The summed E-state index contributed by atoms with van der Waals surface area (Å²) >= 11 is 0. The molecule has 1 aliphatic heterocycles. The summed E-state index contributed by atoms with van der Waals surface area (Å²) in [6.07, 6.45) is 9.61. The van der Waals surface area contributed by atoms with Gasteiger partial charge in [0.1, 0.15) is 0 Å². The molecule has 0 aromatic heterocycles. The number of unbranched alkanes of at least 4 members (excludes halogenated alkanes) is 1. The molecule has 2 aliphatic rings. The van der Waals surface area contributed by atoms with E-state index in [4.69, 9.17) is 0 Å². The van der Waals surface area contributed by atoms with Crippen molar-refractivity contribution in [2.75, 3.05) is 0 Å². The number of fused-ring (bicyclic) bond motifs is 1. The molecule has 1 aliphatic carbocycles. The minimum Gasteiger partial charge on any atom is -0.338 e. The van der Waals surface area contributed by atoms with E-state index >= 15 is 0 Å². The van der Waals surface area contributed by atoms with Gasteiger partial charge in [0, 0.05) is 12.1 Å². The van der Waals surface area contributed by atoms with Crippen molar-refractivity contribution in [3.8, 4) is 0 Å². The van der Waals surface area contributed by atoms with E-state index in [1.54, 1.807) is 0 Å². The fourth-order valence-electron chi connectivity index (χ4n) is 2.67. The van der Waals surface area contributed by atoms with Crippen molar-refractivity contribution >= 4 is 6.98 Å². The first-order valence-corrected chi connectivity index (χ1v) is 5.92. The molecule has 13 heavy (non-hydrogen) atoms. The molecule has 0 aromatic rings. The lowest BCUT2D eigenvalue weighted by molar-refractivity contribution is 0.374. The van der Waals surface area contributed by atoms with Crippen LogP contribution < -0.4 is 10.5 Å². The predicted molar refractivity (Wildman–Crippen MR) is 57.8 cm³/mol. The maximum Gasteiger partial charge on any atom is 0.305 e. The Morgan fingerprint density at radius 2 is 1.77 bits per heavy atom. The summed E-state index contributed by atoms with van der Waals surface area (Å²) in [7, 11) is 0. The monoisotopic (exact) mass is 180 g/mol. The van der Waals surface area contributed by atoms with Crippen molar-refractivity contribution in [2.45, 2.75) is 63.9 Å². The van der Waals surface area contributed by atoms with E-state index in [9.17, 15) is 0 Å². The largest absolute Gasteiger partial charge is 0.338 e. The first kappa shape index (κ1) is 9.54. The van der Waals surface area contributed by atoms with Gasteiger partial charge in [-0.2, -0.15) is 0 Å². The van der Waals surface area contributed by atoms with E-state index < -0.39 is 0 Å². The van der Waals surface area contributed by atoms with Crippen LogP contribution in [0.1, 0.15) is 45.4 Å². The Labute approximate surface area is 82.0 Å². The van der Waals surface area contributed by atoms with Crippen molar-refractivity contribution in [3.63, 3.8) is 0 Å². The molecule has 0 amide bonds. The summed E-state index contributed by atoms with van der Waals surface area (Å²) in [4.78, 5) is 0. The Morgan fingerprint density at radius 3 is 2.31 bits per heavy atom. The van der Waals surface area contributed by atoms with Gasteiger partial charge in [-0.15, -0.1) is 0 Å². The molecule has 74 valence electrons. The van der Waals surface area contributed by atoms with Crippen LogP contribution in [0, 0.1) is 0 Å². The Balaban J connectivity index is 1.77. The lowest BCUT2D eigenvalue weighted by Gasteiger charge is -2.24. The highest BCUT2D eigenvalue weighted by atomic mass is 15.1. The maximum atomic E-state index is 3.72. The average Bonchev–Trinajstić information content (AvgIpc) is 2.57. The summed E-state index contributed by atoms with van der Waals surface area (Å²) in [5.74, 6) is 0. The molecule has 0 bridgehead atoms. The molecule has 0 aromatic carbocycles. The lowest BCUT2D eigenvalue weighted by atomic mass is 9.72. The van der Waals surface area contributed by atoms with E-state index in [-0.39, 0.29) is 0 Å². The normalized spacial score (nSPS) is 33.5. The van der Waals surface area contributed by atoms with Crippen molar-refractivity contribution in [1.29, 1.82) is 0 Å². The highest BCUT2D eigenvalue weighted by Gasteiger charge is 2.35. The van der Waals surface area contributed by atoms with Crippen molar-refractivity contribution < 1.29 is 0 Å². The zero-order chi connectivity index (χ0) is 9.10. The molecule has 1 saturated heterocycles. The number of nitrogens with one attached hydrogen (secondary N) is 2. The van der Waals surface area contributed by atoms with Gasteiger partial charge < -0.3 is 10.5 Å². The molecular formula is C10H21BN2. The van der Waals surface area contributed by atoms with Crippen LogP contribution in [0.5, 0.6) is 0 Å². The standard InChI is InChI=1S/C10H21BN2/c1-2-3-8-11-12-9-6-4-5-7-10(9)13-11/h9-10,12-13H,2-8H2,1H3/t9-,10-/m1/s1. The second kappa shape index (κ2) is 4.47. The van der Waals surface area contributed by atoms with Crippen molar-refractivity contribution in [2.24, 2.45) is 0 Å². The average molecular weight is 180 g/mol. The van der Waals surface area contributed by atoms with Gasteiger partial charge in [0.15, 0.2) is 0 Å². The minimum atomic E-state index is 0.619. The second-order valence-corrected chi connectivity index (χ2v) is 4.53. The van der Waals surface area contributed by atoms with Crippen LogP contribution in [-0.4, -0.2) is 19.1 Å². The van der Waals surface area contributed by atoms with Gasteiger partial charge in [-0.3, -0.25) is 0 Å². The molecule has 0 radical (unpaired) electrons. The molecule has 2 fully saturated rings. The molecule has 3 heteroatoms. The quantitative estimate of drug-likeness (QED) is 0.647. The highest BCUT2D eigenvalue weighted by Crippen LogP contribution is 2.22. The molecule has 2 rings (SSSR count). The third-order valence-corrected chi connectivity index (χ3v) is 3.44. The third-order valence-electron chi connectivity index (χ3n) is 3.44. The van der Waals surface area contributed by atoms with Gasteiger partial charge in [0.2, 0.25) is 0 Å². The molecule has 2 N–H and O–H groups in total. The van der Waals surface area contributed by atoms with Crippen LogP contribution in [0.15, 0.2) is 0 Å². The van der Waals surface area contributed by atoms with Crippen LogP contribution in [0.2, 0.25) is 6.32 Å². The number of hydrogen-bond acceptors (Lipinski definition) is 2. The van der Waals surface area contributed by atoms with Crippen LogP contribution in [-0.2, 0) is 0 Å². The van der Waals surface area contributed by atoms with Gasteiger partial charge in [0.25, 0.3) is 0 Å². The van der Waals surface area contributed by atoms with Crippen LogP contribution in [0.25, 0.3) is 0 Å². The smallest absolute Gasteiger partial charge is 0.305 e. The summed E-state index contributed by atoms with van der Waals surface area (Å²) in [6, 6.07) is 1.58. The maximum absolute atomic E-state index is 3.72. The van der Waals surface area contributed by atoms with Crippen LogP contribution in [0.3, 0.4) is 0 Å². The third kappa shape index (κ3) is 2.26. The SMILES string of the molecule is CCCCB1N[C@@H]2CCCC[C@H]2N1. The first-order chi connectivity index (χ1) is 6.40. The van der Waals surface area contributed by atoms with Crippen LogP contribution >= 0.6 is 0 Å².